The van der Waals surface area contributed by atoms with Crippen LogP contribution in [0.4, 0.5) is 22.7 Å². The lowest BCUT2D eigenvalue weighted by molar-refractivity contribution is 0.0977. The molecule has 0 heterocycles. The number of benzene rings is 7. The summed E-state index contributed by atoms with van der Waals surface area (Å²) in [5.41, 5.74) is 7.26. The van der Waals surface area contributed by atoms with Gasteiger partial charge in [0, 0.05) is 39.1 Å². The maximum Gasteiger partial charge on any atom is 0.255 e. The van der Waals surface area contributed by atoms with E-state index in [1.165, 1.54) is 18.2 Å². The first-order valence-corrected chi connectivity index (χ1v) is 19.4. The third-order valence-electron chi connectivity index (χ3n) is 10.6. The number of anilines is 4. The van der Waals surface area contributed by atoms with E-state index < -0.39 is 23.4 Å². The topological polar surface area (TPSA) is 159 Å². The molecular weight excluding hydrogens is 767 g/mol. The molecular formula is C51H37N3O7. The van der Waals surface area contributed by atoms with Gasteiger partial charge in [-0.1, -0.05) is 102 Å². The molecule has 61 heavy (non-hydrogen) atoms. The number of hydrogen-bond donors (Lipinski definition) is 4. The molecule has 0 radical (unpaired) electrons. The van der Waals surface area contributed by atoms with E-state index in [-0.39, 0.29) is 62.1 Å². The van der Waals surface area contributed by atoms with Crippen LogP contribution in [0.2, 0.25) is 0 Å². The van der Waals surface area contributed by atoms with Crippen LogP contribution in [0.15, 0.2) is 146 Å². The van der Waals surface area contributed by atoms with Crippen LogP contribution in [0, 0.1) is 20.8 Å². The molecule has 0 atom stereocenters. The number of fused-ring (bicyclic) bond motifs is 4. The molecule has 4 N–H and O–H groups in total. The van der Waals surface area contributed by atoms with E-state index in [9.17, 15) is 33.9 Å². The Morgan fingerprint density at radius 1 is 0.393 bits per heavy atom. The second kappa shape index (κ2) is 16.2. The van der Waals surface area contributed by atoms with Gasteiger partial charge in [0.25, 0.3) is 11.8 Å². The number of aromatic hydroxyl groups is 1. The third-order valence-corrected chi connectivity index (χ3v) is 10.6. The van der Waals surface area contributed by atoms with Gasteiger partial charge in [-0.05, 0) is 81.4 Å². The van der Waals surface area contributed by atoms with Gasteiger partial charge >= 0.3 is 0 Å². The van der Waals surface area contributed by atoms with Crippen molar-refractivity contribution in [3.8, 4) is 5.75 Å². The molecule has 7 aromatic carbocycles. The molecule has 2 aliphatic rings. The van der Waals surface area contributed by atoms with Crippen molar-refractivity contribution in [1.29, 1.82) is 0 Å². The highest BCUT2D eigenvalue weighted by Gasteiger charge is 2.36. The van der Waals surface area contributed by atoms with Crippen LogP contribution in [-0.4, -0.2) is 40.1 Å². The van der Waals surface area contributed by atoms with Crippen molar-refractivity contribution in [2.45, 2.75) is 20.8 Å². The van der Waals surface area contributed by atoms with E-state index in [1.807, 2.05) is 69.3 Å². The summed E-state index contributed by atoms with van der Waals surface area (Å²) in [6.45, 7) is 5.83. The second-order valence-electron chi connectivity index (χ2n) is 14.8. The Morgan fingerprint density at radius 3 is 1.11 bits per heavy atom. The molecule has 0 aromatic heterocycles. The van der Waals surface area contributed by atoms with Crippen LogP contribution in [0.3, 0.4) is 0 Å². The van der Waals surface area contributed by atoms with Gasteiger partial charge < -0.3 is 21.1 Å². The van der Waals surface area contributed by atoms with Crippen LogP contribution < -0.4 is 16.0 Å². The summed E-state index contributed by atoms with van der Waals surface area (Å²) >= 11 is 0. The normalized spacial score (nSPS) is 12.2. The Labute approximate surface area is 350 Å². The van der Waals surface area contributed by atoms with Crippen LogP contribution in [-0.2, 0) is 0 Å². The molecule has 0 saturated carbocycles. The predicted octanol–water partition coefficient (Wildman–Crippen LogP) is 9.80. The lowest BCUT2D eigenvalue weighted by Gasteiger charge is -2.23. The molecule has 0 spiro atoms. The molecule has 0 fully saturated rings. The minimum atomic E-state index is -0.409. The van der Waals surface area contributed by atoms with Crippen LogP contribution >= 0.6 is 0 Å². The van der Waals surface area contributed by atoms with Crippen molar-refractivity contribution in [2.24, 2.45) is 0 Å². The number of rotatable bonds is 6. The van der Waals surface area contributed by atoms with Gasteiger partial charge in [0.1, 0.15) is 5.75 Å². The summed E-state index contributed by atoms with van der Waals surface area (Å²) in [5.74, 6) is -2.40. The molecule has 2 amide bonds. The number of carbonyl (C=O) groups is 6. The molecule has 10 heteroatoms. The lowest BCUT2D eigenvalue weighted by Crippen LogP contribution is -2.26. The van der Waals surface area contributed by atoms with Crippen LogP contribution in [0.1, 0.15) is 101 Å². The number of hydrogen-bond acceptors (Lipinski definition) is 8. The fourth-order valence-electron chi connectivity index (χ4n) is 7.33. The minimum absolute atomic E-state index is 0.0563. The standard InChI is InChI=1S/C30H22N2O4.C21H15NO3/c1-17-7-11-19(12-8-17)29(35)31-23-15-16-24(32-30(36)20-13-9-18(2)10-14-20)26-25(23)27(33)21-5-3-4-6-22(21)28(26)34;1-12-6-8-13(9-7-12)22-16-10-11-17(23)19-18(16)20(24)14-4-2-3-5-15(14)21(19)25/h3-16H,1-2H3,(H,31,35)(H,32,36);2-11,22-23H,1H3. The lowest BCUT2D eigenvalue weighted by atomic mass is 9.82. The molecule has 298 valence electrons. The van der Waals surface area contributed by atoms with Gasteiger partial charge in [0.2, 0.25) is 0 Å². The molecule has 0 saturated heterocycles. The zero-order chi connectivity index (χ0) is 42.9. The Bertz CT molecular complexity index is 2850. The number of phenols is 1. The summed E-state index contributed by atoms with van der Waals surface area (Å²) in [4.78, 5) is 78.8. The van der Waals surface area contributed by atoms with E-state index in [2.05, 4.69) is 16.0 Å². The average Bonchev–Trinajstić information content (AvgIpc) is 3.27. The summed E-state index contributed by atoms with van der Waals surface area (Å²) < 4.78 is 0. The van der Waals surface area contributed by atoms with Crippen LogP contribution in [0.5, 0.6) is 5.75 Å². The van der Waals surface area contributed by atoms with Gasteiger partial charge in [0.15, 0.2) is 23.1 Å². The Morgan fingerprint density at radius 2 is 0.721 bits per heavy atom. The second-order valence-corrected chi connectivity index (χ2v) is 14.8. The summed E-state index contributed by atoms with van der Waals surface area (Å²) in [6, 6.07) is 41.1. The van der Waals surface area contributed by atoms with E-state index >= 15 is 0 Å². The quantitative estimate of drug-likeness (QED) is 0.121. The maximum absolute atomic E-state index is 13.6. The molecule has 0 unspecified atom stereocenters. The molecule has 0 aliphatic heterocycles. The molecule has 9 rings (SSSR count). The Balaban J connectivity index is 0.000000180. The van der Waals surface area contributed by atoms with Crippen molar-refractivity contribution >= 4 is 57.7 Å². The number of amides is 2. The van der Waals surface area contributed by atoms with E-state index in [4.69, 9.17) is 0 Å². The third kappa shape index (κ3) is 7.61. The summed E-state index contributed by atoms with van der Waals surface area (Å²) in [7, 11) is 0. The number of carbonyl (C=O) groups excluding carboxylic acids is 6. The number of phenolic OH excluding ortho intramolecular Hbond substituents is 1. The molecule has 0 bridgehead atoms. The van der Waals surface area contributed by atoms with Gasteiger partial charge in [-0.3, -0.25) is 28.8 Å². The fraction of sp³-hybridized carbons (Fsp3) is 0.0588. The Hall–Kier alpha value is -8.24. The zero-order valence-electron chi connectivity index (χ0n) is 33.3. The van der Waals surface area contributed by atoms with Gasteiger partial charge in [-0.25, -0.2) is 0 Å². The first-order valence-electron chi connectivity index (χ1n) is 19.4. The van der Waals surface area contributed by atoms with E-state index in [1.54, 1.807) is 78.9 Å². The monoisotopic (exact) mass is 803 g/mol. The highest BCUT2D eigenvalue weighted by atomic mass is 16.3. The van der Waals surface area contributed by atoms with Crippen LogP contribution in [0.25, 0.3) is 0 Å². The summed E-state index contributed by atoms with van der Waals surface area (Å²) in [6.07, 6.45) is 0. The van der Waals surface area contributed by atoms with Crippen molar-refractivity contribution in [3.63, 3.8) is 0 Å². The number of ketones is 4. The largest absolute Gasteiger partial charge is 0.507 e. The molecule has 2 aliphatic carbocycles. The van der Waals surface area contributed by atoms with Gasteiger partial charge in [0.05, 0.1) is 39.3 Å². The van der Waals surface area contributed by atoms with E-state index in [0.717, 1.165) is 22.4 Å². The number of nitrogens with one attached hydrogen (secondary N) is 3. The molecule has 10 nitrogen and oxygen atoms in total. The first kappa shape index (κ1) is 39.6. The first-order chi connectivity index (χ1) is 29.4. The number of aryl methyl sites for hydroxylation is 3. The minimum Gasteiger partial charge on any atom is -0.507 e. The highest BCUT2D eigenvalue weighted by molar-refractivity contribution is 6.33. The molecule has 7 aromatic rings. The average molecular weight is 804 g/mol. The van der Waals surface area contributed by atoms with Crippen molar-refractivity contribution in [2.75, 3.05) is 16.0 Å². The van der Waals surface area contributed by atoms with Crippen molar-refractivity contribution < 1.29 is 33.9 Å². The summed E-state index contributed by atoms with van der Waals surface area (Å²) in [5, 5.41) is 18.9. The smallest absolute Gasteiger partial charge is 0.255 e. The predicted molar refractivity (Wildman–Crippen MR) is 234 cm³/mol. The zero-order valence-corrected chi connectivity index (χ0v) is 33.3. The van der Waals surface area contributed by atoms with Gasteiger partial charge in [-0.2, -0.15) is 0 Å². The SMILES string of the molecule is Cc1ccc(C(=O)Nc2ccc(NC(=O)c3ccc(C)cc3)c3c2C(=O)c2ccccc2C3=O)cc1.Cc1ccc(Nc2ccc(O)c3c2C(=O)c2ccccc2C3=O)cc1. The Kier molecular flexibility index (Phi) is 10.5. The fourth-order valence-corrected chi connectivity index (χ4v) is 7.33. The highest BCUT2D eigenvalue weighted by Crippen LogP contribution is 2.39. The van der Waals surface area contributed by atoms with Crippen molar-refractivity contribution in [3.05, 3.63) is 218 Å². The van der Waals surface area contributed by atoms with E-state index in [0.29, 0.717) is 27.9 Å². The van der Waals surface area contributed by atoms with Crippen molar-refractivity contribution in [1.82, 2.24) is 0 Å². The van der Waals surface area contributed by atoms with Gasteiger partial charge in [-0.15, -0.1) is 0 Å². The maximum atomic E-state index is 13.6.